The Labute approximate surface area is 165 Å². The third kappa shape index (κ3) is 4.22. The van der Waals surface area contributed by atoms with Gasteiger partial charge in [-0.15, -0.1) is 0 Å². The van der Waals surface area contributed by atoms with Crippen LogP contribution in [0.2, 0.25) is 0 Å². The van der Waals surface area contributed by atoms with Crippen molar-refractivity contribution >= 4 is 27.6 Å². The Morgan fingerprint density at radius 3 is 2.38 bits per heavy atom. The summed E-state index contributed by atoms with van der Waals surface area (Å²) in [6, 6.07) is 18.4. The van der Waals surface area contributed by atoms with Crippen LogP contribution < -0.4 is 5.32 Å². The number of nitrogens with one attached hydrogen (secondary N) is 1. The monoisotopic (exact) mass is 399 g/mol. The lowest BCUT2D eigenvalue weighted by atomic mass is 10.0. The topological polar surface area (TPSA) is 45.4 Å². The quantitative estimate of drug-likeness (QED) is 0.362. The van der Waals surface area contributed by atoms with Gasteiger partial charge in [-0.2, -0.15) is 13.2 Å². The highest BCUT2D eigenvalue weighted by Crippen LogP contribution is 2.32. The van der Waals surface area contributed by atoms with Gasteiger partial charge in [-0.25, -0.2) is 0 Å². The van der Waals surface area contributed by atoms with Gasteiger partial charge in [0.05, 0.1) is 11.7 Å². The van der Waals surface area contributed by atoms with Crippen molar-refractivity contribution < 1.29 is 22.7 Å². The van der Waals surface area contributed by atoms with Crippen LogP contribution in [0.4, 0.5) is 18.9 Å². The van der Waals surface area contributed by atoms with Crippen molar-refractivity contribution in [2.45, 2.75) is 25.1 Å². The number of aliphatic hydroxyl groups excluding tert-OH is 1. The van der Waals surface area contributed by atoms with E-state index in [1.165, 1.54) is 12.1 Å². The fourth-order valence-electron chi connectivity index (χ4n) is 3.42. The zero-order chi connectivity index (χ0) is 20.4. The normalized spacial score (nSPS) is 13.1. The fraction of sp³-hybridized carbons (Fsp3) is 0.217. The molecule has 3 aromatic carbocycles. The molecule has 0 bridgehead atoms. The van der Waals surface area contributed by atoms with Crippen LogP contribution in [0, 0.1) is 0 Å². The van der Waals surface area contributed by atoms with Crippen molar-refractivity contribution in [2.24, 2.45) is 0 Å². The van der Waals surface area contributed by atoms with E-state index in [0.29, 0.717) is 25.1 Å². The number of furan rings is 1. The molecule has 0 spiro atoms. The number of aliphatic hydroxyl groups is 1. The molecule has 0 saturated carbocycles. The third-order valence-electron chi connectivity index (χ3n) is 4.98. The van der Waals surface area contributed by atoms with Gasteiger partial charge in [-0.1, -0.05) is 24.3 Å². The molecule has 150 valence electrons. The maximum Gasteiger partial charge on any atom is 0.416 e. The molecule has 0 fully saturated rings. The van der Waals surface area contributed by atoms with Crippen LogP contribution in [0.1, 0.15) is 30.1 Å². The SMILES string of the molecule is OC(CCCNc1ccc(C(F)(F)F)cc1)c1ccc2oc3ccccc3c2c1. The molecular weight excluding hydrogens is 379 g/mol. The first-order valence-corrected chi connectivity index (χ1v) is 9.42. The summed E-state index contributed by atoms with van der Waals surface area (Å²) in [5, 5.41) is 15.6. The Morgan fingerprint density at radius 1 is 0.897 bits per heavy atom. The molecule has 3 nitrogen and oxygen atoms in total. The fourth-order valence-corrected chi connectivity index (χ4v) is 3.42. The van der Waals surface area contributed by atoms with Gasteiger partial charge in [0.2, 0.25) is 0 Å². The van der Waals surface area contributed by atoms with Gasteiger partial charge in [0.1, 0.15) is 11.2 Å². The standard InChI is InChI=1S/C23H20F3NO2/c24-23(25,26)16-8-10-17(11-9-16)27-13-3-5-20(28)15-7-12-22-19(14-15)18-4-1-2-6-21(18)29-22/h1-2,4,6-12,14,20,27-28H,3,5,13H2. The Kier molecular flexibility index (Phi) is 5.20. The molecular formula is C23H20F3NO2. The Bertz CT molecular complexity index is 1120. The van der Waals surface area contributed by atoms with Crippen molar-refractivity contribution in [2.75, 3.05) is 11.9 Å². The van der Waals surface area contributed by atoms with E-state index in [-0.39, 0.29) is 0 Å². The molecule has 0 radical (unpaired) electrons. The highest BCUT2D eigenvalue weighted by molar-refractivity contribution is 6.05. The largest absolute Gasteiger partial charge is 0.456 e. The van der Waals surface area contributed by atoms with E-state index < -0.39 is 17.8 Å². The van der Waals surface area contributed by atoms with Crippen molar-refractivity contribution in [3.63, 3.8) is 0 Å². The van der Waals surface area contributed by atoms with Crippen LogP contribution in [0.15, 0.2) is 71.1 Å². The molecule has 4 rings (SSSR count). The minimum atomic E-state index is -4.33. The first-order valence-electron chi connectivity index (χ1n) is 9.42. The number of fused-ring (bicyclic) bond motifs is 3. The predicted octanol–water partition coefficient (Wildman–Crippen LogP) is 6.53. The molecule has 0 aliphatic heterocycles. The molecule has 29 heavy (non-hydrogen) atoms. The zero-order valence-electron chi connectivity index (χ0n) is 15.5. The maximum absolute atomic E-state index is 12.6. The number of alkyl halides is 3. The van der Waals surface area contributed by atoms with Crippen LogP contribution >= 0.6 is 0 Å². The van der Waals surface area contributed by atoms with Crippen LogP contribution in [-0.4, -0.2) is 11.7 Å². The molecule has 0 saturated heterocycles. The minimum absolute atomic E-state index is 0.537. The Morgan fingerprint density at radius 2 is 1.62 bits per heavy atom. The second kappa shape index (κ2) is 7.79. The van der Waals surface area contributed by atoms with Gasteiger partial charge in [0.15, 0.2) is 0 Å². The van der Waals surface area contributed by atoms with Gasteiger partial charge in [-0.05, 0) is 60.9 Å². The van der Waals surface area contributed by atoms with Crippen LogP contribution in [0.3, 0.4) is 0 Å². The molecule has 1 aromatic heterocycles. The second-order valence-corrected chi connectivity index (χ2v) is 7.01. The van der Waals surface area contributed by atoms with E-state index in [0.717, 1.165) is 39.6 Å². The number of hydrogen-bond acceptors (Lipinski definition) is 3. The van der Waals surface area contributed by atoms with E-state index in [1.807, 2.05) is 42.5 Å². The summed E-state index contributed by atoms with van der Waals surface area (Å²) in [5.74, 6) is 0. The summed E-state index contributed by atoms with van der Waals surface area (Å²) in [6.07, 6.45) is -3.74. The van der Waals surface area contributed by atoms with E-state index in [4.69, 9.17) is 4.42 Å². The van der Waals surface area contributed by atoms with Gasteiger partial charge >= 0.3 is 6.18 Å². The minimum Gasteiger partial charge on any atom is -0.456 e. The van der Waals surface area contributed by atoms with Gasteiger partial charge in [0, 0.05) is 23.0 Å². The number of hydrogen-bond donors (Lipinski definition) is 2. The van der Waals surface area contributed by atoms with Crippen molar-refractivity contribution in [1.82, 2.24) is 0 Å². The first-order chi connectivity index (χ1) is 13.9. The summed E-state index contributed by atoms with van der Waals surface area (Å²) in [5.41, 5.74) is 2.37. The smallest absolute Gasteiger partial charge is 0.416 e. The Hall–Kier alpha value is -2.99. The molecule has 2 N–H and O–H groups in total. The number of halogens is 3. The Balaban J connectivity index is 1.35. The molecule has 6 heteroatoms. The highest BCUT2D eigenvalue weighted by atomic mass is 19.4. The molecule has 0 aliphatic carbocycles. The molecule has 0 aliphatic rings. The van der Waals surface area contributed by atoms with Gasteiger partial charge < -0.3 is 14.8 Å². The summed E-state index contributed by atoms with van der Waals surface area (Å²) >= 11 is 0. The summed E-state index contributed by atoms with van der Waals surface area (Å²) < 4.78 is 43.6. The molecule has 1 unspecified atom stereocenters. The summed E-state index contributed by atoms with van der Waals surface area (Å²) in [4.78, 5) is 0. The highest BCUT2D eigenvalue weighted by Gasteiger charge is 2.29. The lowest BCUT2D eigenvalue weighted by molar-refractivity contribution is -0.137. The van der Waals surface area contributed by atoms with Crippen molar-refractivity contribution in [3.8, 4) is 0 Å². The van der Waals surface area contributed by atoms with E-state index >= 15 is 0 Å². The second-order valence-electron chi connectivity index (χ2n) is 7.01. The maximum atomic E-state index is 12.6. The van der Waals surface area contributed by atoms with Crippen LogP contribution in [-0.2, 0) is 6.18 Å². The molecule has 1 heterocycles. The average Bonchev–Trinajstić information content (AvgIpc) is 3.08. The summed E-state index contributed by atoms with van der Waals surface area (Å²) in [6.45, 7) is 0.555. The summed E-state index contributed by atoms with van der Waals surface area (Å²) in [7, 11) is 0. The molecule has 0 amide bonds. The van der Waals surface area contributed by atoms with Crippen molar-refractivity contribution in [1.29, 1.82) is 0 Å². The average molecular weight is 399 g/mol. The van der Waals surface area contributed by atoms with Crippen LogP contribution in [0.25, 0.3) is 21.9 Å². The number of rotatable bonds is 6. The number of anilines is 1. The van der Waals surface area contributed by atoms with Gasteiger partial charge in [-0.3, -0.25) is 0 Å². The zero-order valence-corrected chi connectivity index (χ0v) is 15.5. The molecule has 1 atom stereocenters. The lowest BCUT2D eigenvalue weighted by Crippen LogP contribution is -2.07. The molecule has 4 aromatic rings. The number of para-hydroxylation sites is 1. The first kappa shape index (κ1) is 19.3. The lowest BCUT2D eigenvalue weighted by Gasteiger charge is -2.12. The van der Waals surface area contributed by atoms with E-state index in [1.54, 1.807) is 0 Å². The van der Waals surface area contributed by atoms with E-state index in [9.17, 15) is 18.3 Å². The number of benzene rings is 3. The predicted molar refractivity (Wildman–Crippen MR) is 108 cm³/mol. The van der Waals surface area contributed by atoms with Crippen LogP contribution in [0.5, 0.6) is 0 Å². The third-order valence-corrected chi connectivity index (χ3v) is 4.98. The van der Waals surface area contributed by atoms with E-state index in [2.05, 4.69) is 5.32 Å². The van der Waals surface area contributed by atoms with Crippen molar-refractivity contribution in [3.05, 3.63) is 77.9 Å². The van der Waals surface area contributed by atoms with Gasteiger partial charge in [0.25, 0.3) is 0 Å².